The van der Waals surface area contributed by atoms with Gasteiger partial charge in [0.25, 0.3) is 10.1 Å². The van der Waals surface area contributed by atoms with Crippen LogP contribution in [0.25, 0.3) is 0 Å². The molecule has 0 amide bonds. The molecule has 0 saturated carbocycles. The summed E-state index contributed by atoms with van der Waals surface area (Å²) in [5.74, 6) is -0.189. The first-order chi connectivity index (χ1) is 9.83. The molecule has 8 nitrogen and oxygen atoms in total. The first-order valence-electron chi connectivity index (χ1n) is 6.03. The maximum Gasteiger partial charge on any atom is 0.314 e. The number of benzene rings is 1. The first-order valence-corrected chi connectivity index (χ1v) is 7.63. The zero-order valence-corrected chi connectivity index (χ0v) is 11.9. The van der Waals surface area contributed by atoms with Gasteiger partial charge in [0.2, 0.25) is 0 Å². The summed E-state index contributed by atoms with van der Waals surface area (Å²) in [7, 11) is -4.07. The van der Waals surface area contributed by atoms with Gasteiger partial charge in [0.1, 0.15) is 5.75 Å². The average molecular weight is 317 g/mol. The fourth-order valence-corrected chi connectivity index (χ4v) is 1.93. The van der Waals surface area contributed by atoms with Crippen LogP contribution in [0.4, 0.5) is 5.69 Å². The zero-order valence-electron chi connectivity index (χ0n) is 11.1. The van der Waals surface area contributed by atoms with E-state index < -0.39 is 20.8 Å². The minimum atomic E-state index is -4.07. The highest BCUT2D eigenvalue weighted by Crippen LogP contribution is 2.31. The van der Waals surface area contributed by atoms with Crippen molar-refractivity contribution in [1.29, 1.82) is 0 Å². The van der Waals surface area contributed by atoms with Gasteiger partial charge in [-0.25, -0.2) is 0 Å². The standard InChI is InChI=1S/C12H15NO7S/c1-2-6-19-10-4-5-12(11(9-10)13(14)15)20-7-3-8-21(16,17)18/h1,4-5,9H,2-3,6-8H2,(H,16,17,18). The van der Waals surface area contributed by atoms with Crippen LogP contribution in [0, 0.1) is 17.0 Å². The molecule has 0 aliphatic heterocycles. The molecule has 0 heterocycles. The minimum Gasteiger partial charge on any atom is -0.493 e. The smallest absolute Gasteiger partial charge is 0.314 e. The average Bonchev–Trinajstić information content (AvgIpc) is 2.40. The van der Waals surface area contributed by atoms with Crippen molar-refractivity contribution in [3.63, 3.8) is 0 Å². The number of rotatable bonds is 9. The molecule has 1 aromatic carbocycles. The number of hydrogen-bond acceptors (Lipinski definition) is 6. The van der Waals surface area contributed by atoms with Gasteiger partial charge < -0.3 is 9.47 Å². The Labute approximate surface area is 122 Å². The molecule has 1 N–H and O–H groups in total. The Morgan fingerprint density at radius 2 is 2.00 bits per heavy atom. The van der Waals surface area contributed by atoms with E-state index in [1.165, 1.54) is 18.2 Å². The van der Waals surface area contributed by atoms with Crippen molar-refractivity contribution in [3.05, 3.63) is 35.2 Å². The monoisotopic (exact) mass is 317 g/mol. The summed E-state index contributed by atoms with van der Waals surface area (Å²) in [6.45, 7) is 5.42. The SMILES string of the molecule is [CH]CCOc1ccc(OCCCS(=O)(=O)O)c([N+](=O)[O-])c1. The second-order valence-corrected chi connectivity index (χ2v) is 5.58. The van der Waals surface area contributed by atoms with E-state index in [0.717, 1.165) is 0 Å². The number of nitrogens with zero attached hydrogens (tertiary/aromatic N) is 1. The van der Waals surface area contributed by atoms with Crippen molar-refractivity contribution in [3.8, 4) is 11.5 Å². The topological polar surface area (TPSA) is 116 Å². The molecule has 0 atom stereocenters. The van der Waals surface area contributed by atoms with Crippen LogP contribution < -0.4 is 9.47 Å². The third-order valence-electron chi connectivity index (χ3n) is 2.32. The van der Waals surface area contributed by atoms with Crippen molar-refractivity contribution < 1.29 is 27.4 Å². The lowest BCUT2D eigenvalue weighted by Gasteiger charge is -2.08. The predicted molar refractivity (Wildman–Crippen MR) is 74.0 cm³/mol. The summed E-state index contributed by atoms with van der Waals surface area (Å²) in [6.07, 6.45) is 0.295. The van der Waals surface area contributed by atoms with Gasteiger partial charge in [-0.3, -0.25) is 14.7 Å². The third-order valence-corrected chi connectivity index (χ3v) is 3.12. The molecule has 0 aliphatic carbocycles. The van der Waals surface area contributed by atoms with Gasteiger partial charge >= 0.3 is 5.69 Å². The molecule has 2 radical (unpaired) electrons. The number of nitro benzene ring substituents is 1. The van der Waals surface area contributed by atoms with Crippen LogP contribution in [0.15, 0.2) is 18.2 Å². The Morgan fingerprint density at radius 3 is 2.57 bits per heavy atom. The van der Waals surface area contributed by atoms with Crippen molar-refractivity contribution >= 4 is 15.8 Å². The summed E-state index contributed by atoms with van der Waals surface area (Å²) in [5.41, 5.74) is -0.295. The largest absolute Gasteiger partial charge is 0.493 e. The molecule has 0 unspecified atom stereocenters. The molecule has 0 fully saturated rings. The number of nitro groups is 1. The van der Waals surface area contributed by atoms with E-state index in [1.807, 2.05) is 0 Å². The van der Waals surface area contributed by atoms with Crippen LogP contribution >= 0.6 is 0 Å². The van der Waals surface area contributed by atoms with Gasteiger partial charge in [-0.1, -0.05) is 0 Å². The zero-order chi connectivity index (χ0) is 15.9. The molecular formula is C12H15NO7S. The highest BCUT2D eigenvalue weighted by atomic mass is 32.2. The number of ether oxygens (including phenoxy) is 2. The van der Waals surface area contributed by atoms with Gasteiger partial charge in [-0.15, -0.1) is 0 Å². The third kappa shape index (κ3) is 6.41. The van der Waals surface area contributed by atoms with Crippen LogP contribution in [0.5, 0.6) is 11.5 Å². The molecule has 0 spiro atoms. The van der Waals surface area contributed by atoms with Gasteiger partial charge in [-0.05, 0) is 31.9 Å². The lowest BCUT2D eigenvalue weighted by Crippen LogP contribution is -2.09. The van der Waals surface area contributed by atoms with E-state index >= 15 is 0 Å². The van der Waals surface area contributed by atoms with E-state index in [1.54, 1.807) is 0 Å². The fraction of sp³-hybridized carbons (Fsp3) is 0.417. The lowest BCUT2D eigenvalue weighted by atomic mass is 10.3. The van der Waals surface area contributed by atoms with Crippen LogP contribution in [0.2, 0.25) is 0 Å². The predicted octanol–water partition coefficient (Wildman–Crippen LogP) is 1.73. The normalized spacial score (nSPS) is 11.1. The Kier molecular flexibility index (Phi) is 6.38. The van der Waals surface area contributed by atoms with Crippen molar-refractivity contribution in [1.82, 2.24) is 0 Å². The lowest BCUT2D eigenvalue weighted by molar-refractivity contribution is -0.385. The van der Waals surface area contributed by atoms with Crippen LogP contribution in [-0.2, 0) is 10.1 Å². The molecule has 9 heteroatoms. The molecule has 0 saturated heterocycles. The molecule has 1 aromatic rings. The van der Waals surface area contributed by atoms with Crippen molar-refractivity contribution in [2.45, 2.75) is 12.8 Å². The van der Waals surface area contributed by atoms with Gasteiger partial charge in [0.15, 0.2) is 5.75 Å². The van der Waals surface area contributed by atoms with E-state index in [9.17, 15) is 18.5 Å². The van der Waals surface area contributed by atoms with Gasteiger partial charge in [0, 0.05) is 0 Å². The van der Waals surface area contributed by atoms with Crippen LogP contribution in [0.1, 0.15) is 12.8 Å². The fourth-order valence-electron chi connectivity index (χ4n) is 1.45. The second-order valence-electron chi connectivity index (χ2n) is 4.01. The summed E-state index contributed by atoms with van der Waals surface area (Å²) in [5, 5.41) is 10.9. The number of hydrogen-bond donors (Lipinski definition) is 1. The van der Waals surface area contributed by atoms with Crippen molar-refractivity contribution in [2.75, 3.05) is 19.0 Å². The molecule has 116 valence electrons. The minimum absolute atomic E-state index is 0.00423. The summed E-state index contributed by atoms with van der Waals surface area (Å²) >= 11 is 0. The Balaban J connectivity index is 2.70. The molecule has 0 aliphatic rings. The second kappa shape index (κ2) is 7.79. The molecular weight excluding hydrogens is 302 g/mol. The highest BCUT2D eigenvalue weighted by Gasteiger charge is 2.17. The van der Waals surface area contributed by atoms with E-state index in [4.69, 9.17) is 21.0 Å². The van der Waals surface area contributed by atoms with Crippen LogP contribution in [-0.4, -0.2) is 36.9 Å². The summed E-state index contributed by atoms with van der Waals surface area (Å²) in [4.78, 5) is 10.3. The molecule has 0 aromatic heterocycles. The Hall–Kier alpha value is -1.87. The first kappa shape index (κ1) is 17.2. The molecule has 1 rings (SSSR count). The molecule has 21 heavy (non-hydrogen) atoms. The van der Waals surface area contributed by atoms with Crippen molar-refractivity contribution in [2.24, 2.45) is 0 Å². The maximum atomic E-state index is 10.9. The van der Waals surface area contributed by atoms with Gasteiger partial charge in [0.05, 0.1) is 30.0 Å². The Morgan fingerprint density at radius 1 is 1.29 bits per heavy atom. The maximum absolute atomic E-state index is 10.9. The van der Waals surface area contributed by atoms with E-state index in [0.29, 0.717) is 0 Å². The van der Waals surface area contributed by atoms with Gasteiger partial charge in [-0.2, -0.15) is 8.42 Å². The van der Waals surface area contributed by atoms with E-state index in [2.05, 4.69) is 0 Å². The Bertz CT molecular complexity index is 585. The summed E-state index contributed by atoms with van der Waals surface area (Å²) in [6, 6.07) is 4.05. The summed E-state index contributed by atoms with van der Waals surface area (Å²) < 4.78 is 39.9. The highest BCUT2D eigenvalue weighted by molar-refractivity contribution is 7.85. The molecule has 0 bridgehead atoms. The van der Waals surface area contributed by atoms with Crippen LogP contribution in [0.3, 0.4) is 0 Å². The van der Waals surface area contributed by atoms with E-state index in [-0.39, 0.29) is 43.2 Å². The quantitative estimate of drug-likeness (QED) is 0.319.